The summed E-state index contributed by atoms with van der Waals surface area (Å²) < 4.78 is 5.04. The maximum absolute atomic E-state index is 12.0. The molecule has 6 heteroatoms. The SMILES string of the molecule is CCC(C)(C)NC(=O)COC(=O)c1ccc(N2CCCC2=O)cc1. The zero-order chi connectivity index (χ0) is 17.7. The van der Waals surface area contributed by atoms with Crippen molar-refractivity contribution in [3.8, 4) is 0 Å². The first-order valence-corrected chi connectivity index (χ1v) is 8.21. The van der Waals surface area contributed by atoms with Crippen LogP contribution in [0.1, 0.15) is 50.4 Å². The molecule has 0 atom stereocenters. The van der Waals surface area contributed by atoms with E-state index < -0.39 is 5.97 Å². The molecular weight excluding hydrogens is 308 g/mol. The Labute approximate surface area is 142 Å². The maximum Gasteiger partial charge on any atom is 0.338 e. The number of rotatable bonds is 6. The Bertz CT molecular complexity index is 622. The second-order valence-corrected chi connectivity index (χ2v) is 6.56. The molecule has 0 aromatic heterocycles. The summed E-state index contributed by atoms with van der Waals surface area (Å²) in [4.78, 5) is 37.2. The number of nitrogens with one attached hydrogen (secondary N) is 1. The molecule has 0 saturated carbocycles. The summed E-state index contributed by atoms with van der Waals surface area (Å²) in [5, 5.41) is 2.80. The number of ether oxygens (including phenoxy) is 1. The number of hydrogen-bond acceptors (Lipinski definition) is 4. The molecule has 0 unspecified atom stereocenters. The average molecular weight is 332 g/mol. The summed E-state index contributed by atoms with van der Waals surface area (Å²) in [6.07, 6.45) is 2.20. The summed E-state index contributed by atoms with van der Waals surface area (Å²) in [6, 6.07) is 6.66. The van der Waals surface area contributed by atoms with Gasteiger partial charge in [0.25, 0.3) is 5.91 Å². The summed E-state index contributed by atoms with van der Waals surface area (Å²) in [6.45, 7) is 6.18. The summed E-state index contributed by atoms with van der Waals surface area (Å²) >= 11 is 0. The van der Waals surface area contributed by atoms with Crippen molar-refractivity contribution >= 4 is 23.5 Å². The second kappa shape index (κ2) is 7.47. The van der Waals surface area contributed by atoms with Crippen LogP contribution in [0.25, 0.3) is 0 Å². The number of carbonyl (C=O) groups excluding carboxylic acids is 3. The normalized spacial score (nSPS) is 14.6. The van der Waals surface area contributed by atoms with Crippen molar-refractivity contribution in [2.24, 2.45) is 0 Å². The second-order valence-electron chi connectivity index (χ2n) is 6.56. The standard InChI is InChI=1S/C18H24N2O4/c1-4-18(2,3)19-15(21)12-24-17(23)13-7-9-14(10-8-13)20-11-5-6-16(20)22/h7-10H,4-6,11-12H2,1-3H3,(H,19,21). The van der Waals surface area contributed by atoms with E-state index in [-0.39, 0.29) is 24.0 Å². The molecule has 1 saturated heterocycles. The molecule has 130 valence electrons. The third-order valence-electron chi connectivity index (χ3n) is 4.18. The van der Waals surface area contributed by atoms with Crippen LogP contribution in [-0.4, -0.2) is 36.5 Å². The minimum Gasteiger partial charge on any atom is -0.452 e. The third-order valence-corrected chi connectivity index (χ3v) is 4.18. The predicted molar refractivity (Wildman–Crippen MR) is 90.8 cm³/mol. The van der Waals surface area contributed by atoms with Crippen molar-refractivity contribution in [1.82, 2.24) is 5.32 Å². The lowest BCUT2D eigenvalue weighted by Gasteiger charge is -2.24. The number of esters is 1. The van der Waals surface area contributed by atoms with Crippen molar-refractivity contribution in [3.63, 3.8) is 0 Å². The highest BCUT2D eigenvalue weighted by atomic mass is 16.5. The molecule has 1 aliphatic heterocycles. The molecule has 6 nitrogen and oxygen atoms in total. The number of amides is 2. The van der Waals surface area contributed by atoms with Gasteiger partial charge in [-0.25, -0.2) is 4.79 Å². The van der Waals surface area contributed by atoms with E-state index in [0.29, 0.717) is 18.5 Å². The molecule has 1 fully saturated rings. The third kappa shape index (κ3) is 4.57. The Morgan fingerprint density at radius 1 is 1.25 bits per heavy atom. The van der Waals surface area contributed by atoms with Crippen LogP contribution in [0.2, 0.25) is 0 Å². The molecular formula is C18H24N2O4. The van der Waals surface area contributed by atoms with Gasteiger partial charge in [0.2, 0.25) is 5.91 Å². The quantitative estimate of drug-likeness (QED) is 0.811. The fraction of sp³-hybridized carbons (Fsp3) is 0.500. The van der Waals surface area contributed by atoms with Gasteiger partial charge >= 0.3 is 5.97 Å². The minimum atomic E-state index is -0.557. The Balaban J connectivity index is 1.89. The Morgan fingerprint density at radius 3 is 2.46 bits per heavy atom. The van der Waals surface area contributed by atoms with Gasteiger partial charge in [-0.3, -0.25) is 9.59 Å². The fourth-order valence-corrected chi connectivity index (χ4v) is 2.41. The van der Waals surface area contributed by atoms with Gasteiger partial charge in [-0.05, 0) is 51.0 Å². The van der Waals surface area contributed by atoms with E-state index in [4.69, 9.17) is 4.74 Å². The van der Waals surface area contributed by atoms with Gasteiger partial charge in [-0.15, -0.1) is 0 Å². The van der Waals surface area contributed by atoms with Crippen LogP contribution in [0.4, 0.5) is 5.69 Å². The molecule has 0 radical (unpaired) electrons. The van der Waals surface area contributed by atoms with Crippen LogP contribution in [0.3, 0.4) is 0 Å². The van der Waals surface area contributed by atoms with Crippen LogP contribution in [0.5, 0.6) is 0 Å². The molecule has 2 amide bonds. The molecule has 1 aromatic carbocycles. The van der Waals surface area contributed by atoms with E-state index >= 15 is 0 Å². The highest BCUT2D eigenvalue weighted by Gasteiger charge is 2.22. The van der Waals surface area contributed by atoms with Crippen LogP contribution in [-0.2, 0) is 14.3 Å². The van der Waals surface area contributed by atoms with Crippen LogP contribution in [0, 0.1) is 0 Å². The van der Waals surface area contributed by atoms with Gasteiger partial charge in [-0.1, -0.05) is 6.92 Å². The summed E-state index contributed by atoms with van der Waals surface area (Å²) in [7, 11) is 0. The molecule has 0 spiro atoms. The first kappa shape index (κ1) is 18.0. The van der Waals surface area contributed by atoms with E-state index in [1.165, 1.54) is 0 Å². The van der Waals surface area contributed by atoms with Gasteiger partial charge in [-0.2, -0.15) is 0 Å². The van der Waals surface area contributed by atoms with E-state index in [9.17, 15) is 14.4 Å². The molecule has 24 heavy (non-hydrogen) atoms. The number of hydrogen-bond donors (Lipinski definition) is 1. The maximum atomic E-state index is 12.0. The Kier molecular flexibility index (Phi) is 5.59. The van der Waals surface area contributed by atoms with E-state index in [1.54, 1.807) is 29.2 Å². The highest BCUT2D eigenvalue weighted by molar-refractivity contribution is 5.96. The van der Waals surface area contributed by atoms with Gasteiger partial charge < -0.3 is 15.0 Å². The van der Waals surface area contributed by atoms with Gasteiger partial charge in [0, 0.05) is 24.2 Å². The molecule has 2 rings (SSSR count). The topological polar surface area (TPSA) is 75.7 Å². The van der Waals surface area contributed by atoms with Gasteiger partial charge in [0.15, 0.2) is 6.61 Å². The first-order chi connectivity index (χ1) is 11.3. The molecule has 1 aliphatic rings. The highest BCUT2D eigenvalue weighted by Crippen LogP contribution is 2.21. The molecule has 1 N–H and O–H groups in total. The predicted octanol–water partition coefficient (Wildman–Crippen LogP) is 2.28. The van der Waals surface area contributed by atoms with Gasteiger partial charge in [0.05, 0.1) is 5.56 Å². The average Bonchev–Trinajstić information content (AvgIpc) is 2.98. The largest absolute Gasteiger partial charge is 0.452 e. The fourth-order valence-electron chi connectivity index (χ4n) is 2.41. The van der Waals surface area contributed by atoms with Crippen molar-refractivity contribution < 1.29 is 19.1 Å². The Hall–Kier alpha value is -2.37. The summed E-state index contributed by atoms with van der Waals surface area (Å²) in [5.41, 5.74) is 0.803. The molecule has 0 aliphatic carbocycles. The molecule has 1 heterocycles. The molecule has 1 aromatic rings. The summed E-state index contributed by atoms with van der Waals surface area (Å²) in [5.74, 6) is -0.784. The van der Waals surface area contributed by atoms with Crippen LogP contribution in [0.15, 0.2) is 24.3 Å². The lowest BCUT2D eigenvalue weighted by Crippen LogP contribution is -2.44. The monoisotopic (exact) mass is 332 g/mol. The zero-order valence-electron chi connectivity index (χ0n) is 14.4. The van der Waals surface area contributed by atoms with Crippen molar-refractivity contribution in [3.05, 3.63) is 29.8 Å². The number of anilines is 1. The van der Waals surface area contributed by atoms with Crippen molar-refractivity contribution in [2.45, 2.75) is 45.6 Å². The first-order valence-electron chi connectivity index (χ1n) is 8.21. The number of benzene rings is 1. The van der Waals surface area contributed by atoms with Crippen molar-refractivity contribution in [2.75, 3.05) is 18.1 Å². The van der Waals surface area contributed by atoms with Gasteiger partial charge in [0.1, 0.15) is 0 Å². The lowest BCUT2D eigenvalue weighted by molar-refractivity contribution is -0.125. The van der Waals surface area contributed by atoms with E-state index in [0.717, 1.165) is 18.5 Å². The Morgan fingerprint density at radius 2 is 1.92 bits per heavy atom. The van der Waals surface area contributed by atoms with E-state index in [2.05, 4.69) is 5.32 Å². The number of carbonyl (C=O) groups is 3. The lowest BCUT2D eigenvalue weighted by atomic mass is 10.0. The minimum absolute atomic E-state index is 0.0977. The molecule has 0 bridgehead atoms. The zero-order valence-corrected chi connectivity index (χ0v) is 14.4. The van der Waals surface area contributed by atoms with E-state index in [1.807, 2.05) is 20.8 Å². The number of nitrogens with zero attached hydrogens (tertiary/aromatic N) is 1. The van der Waals surface area contributed by atoms with Crippen LogP contribution < -0.4 is 10.2 Å². The smallest absolute Gasteiger partial charge is 0.338 e. The van der Waals surface area contributed by atoms with Crippen molar-refractivity contribution in [1.29, 1.82) is 0 Å². The van der Waals surface area contributed by atoms with Crippen LogP contribution >= 0.6 is 0 Å².